The molecular formula is C25H27ClN4O3. The van der Waals surface area contributed by atoms with Crippen LogP contribution in [-0.2, 0) is 22.6 Å². The van der Waals surface area contributed by atoms with E-state index < -0.39 is 0 Å². The number of hydrogen-bond donors (Lipinski definition) is 2. The number of ether oxygens (including phenoxy) is 2. The van der Waals surface area contributed by atoms with Gasteiger partial charge in [-0.1, -0.05) is 17.7 Å². The Morgan fingerprint density at radius 3 is 2.94 bits per heavy atom. The molecule has 0 radical (unpaired) electrons. The van der Waals surface area contributed by atoms with E-state index in [-0.39, 0.29) is 12.0 Å². The smallest absolute Gasteiger partial charge is 0.270 e. The molecule has 3 aromatic rings. The van der Waals surface area contributed by atoms with E-state index in [0.29, 0.717) is 37.0 Å². The number of halogens is 1. The van der Waals surface area contributed by atoms with E-state index >= 15 is 0 Å². The summed E-state index contributed by atoms with van der Waals surface area (Å²) in [4.78, 5) is 17.3. The molecule has 1 fully saturated rings. The maximum absolute atomic E-state index is 13.1. The molecule has 0 saturated carbocycles. The van der Waals surface area contributed by atoms with Gasteiger partial charge in [-0.15, -0.1) is 0 Å². The number of anilines is 2. The monoisotopic (exact) mass is 466 g/mol. The second-order valence-electron chi connectivity index (χ2n) is 8.38. The van der Waals surface area contributed by atoms with Gasteiger partial charge in [-0.05, 0) is 55.2 Å². The third-order valence-corrected chi connectivity index (χ3v) is 6.69. The highest BCUT2D eigenvalue weighted by molar-refractivity contribution is 6.31. The van der Waals surface area contributed by atoms with Gasteiger partial charge >= 0.3 is 0 Å². The summed E-state index contributed by atoms with van der Waals surface area (Å²) in [6.07, 6.45) is 5.56. The van der Waals surface area contributed by atoms with Crippen LogP contribution in [0.2, 0.25) is 5.02 Å². The van der Waals surface area contributed by atoms with Crippen molar-refractivity contribution in [1.82, 2.24) is 14.9 Å². The van der Waals surface area contributed by atoms with Crippen LogP contribution in [0.3, 0.4) is 0 Å². The van der Waals surface area contributed by atoms with Crippen molar-refractivity contribution in [2.45, 2.75) is 39.0 Å². The molecule has 8 heteroatoms. The van der Waals surface area contributed by atoms with Crippen LogP contribution in [0.15, 0.2) is 42.7 Å². The minimum atomic E-state index is -0.106. The predicted molar refractivity (Wildman–Crippen MR) is 128 cm³/mol. The van der Waals surface area contributed by atoms with Crippen LogP contribution >= 0.6 is 11.6 Å². The van der Waals surface area contributed by atoms with Crippen LogP contribution in [0.5, 0.6) is 0 Å². The number of benzene rings is 1. The maximum Gasteiger partial charge on any atom is 0.270 e. The molecule has 0 bridgehead atoms. The Hall–Kier alpha value is -2.87. The predicted octanol–water partition coefficient (Wildman–Crippen LogP) is 4.69. The minimum Gasteiger partial charge on any atom is -0.379 e. The molecule has 2 aliphatic rings. The number of amides is 1. The molecule has 0 aliphatic carbocycles. The van der Waals surface area contributed by atoms with E-state index in [1.807, 2.05) is 37.3 Å². The zero-order chi connectivity index (χ0) is 22.8. The molecule has 33 heavy (non-hydrogen) atoms. The largest absolute Gasteiger partial charge is 0.379 e. The fourth-order valence-electron chi connectivity index (χ4n) is 4.53. The molecule has 2 aromatic heterocycles. The maximum atomic E-state index is 13.1. The fourth-order valence-corrected chi connectivity index (χ4v) is 4.71. The lowest BCUT2D eigenvalue weighted by molar-refractivity contribution is -0.0582. The van der Waals surface area contributed by atoms with E-state index in [0.717, 1.165) is 53.2 Å². The third-order valence-electron chi connectivity index (χ3n) is 6.28. The highest BCUT2D eigenvalue weighted by Gasteiger charge is 2.31. The Morgan fingerprint density at radius 1 is 1.30 bits per heavy atom. The van der Waals surface area contributed by atoms with Crippen molar-refractivity contribution in [2.75, 3.05) is 25.1 Å². The van der Waals surface area contributed by atoms with E-state index in [2.05, 4.69) is 20.2 Å². The van der Waals surface area contributed by atoms with Crippen LogP contribution in [0.25, 0.3) is 11.1 Å². The van der Waals surface area contributed by atoms with Gasteiger partial charge in [-0.25, -0.2) is 0 Å². The molecule has 7 nitrogen and oxygen atoms in total. The van der Waals surface area contributed by atoms with Crippen molar-refractivity contribution >= 4 is 28.9 Å². The van der Waals surface area contributed by atoms with Gasteiger partial charge in [0.2, 0.25) is 0 Å². The summed E-state index contributed by atoms with van der Waals surface area (Å²) in [5.74, 6) is -0.106. The SMILES string of the molecule is Cc1c(Cl)cccc1Nc1c(-c2ccncc2)c(CO[C@H]2CCCOC2)n2c1C(=O)NCC2. The summed E-state index contributed by atoms with van der Waals surface area (Å²) in [5, 5.41) is 7.19. The van der Waals surface area contributed by atoms with Gasteiger partial charge < -0.3 is 24.7 Å². The quantitative estimate of drug-likeness (QED) is 0.551. The summed E-state index contributed by atoms with van der Waals surface area (Å²) in [6.45, 7) is 5.00. The molecule has 1 amide bonds. The number of pyridine rings is 1. The third kappa shape index (κ3) is 4.36. The first-order chi connectivity index (χ1) is 16.1. The number of fused-ring (bicyclic) bond motifs is 1. The number of aromatic nitrogens is 2. The summed E-state index contributed by atoms with van der Waals surface area (Å²) < 4.78 is 14.0. The molecule has 2 N–H and O–H groups in total. The summed E-state index contributed by atoms with van der Waals surface area (Å²) in [5.41, 5.74) is 6.03. The lowest BCUT2D eigenvalue weighted by Gasteiger charge is -2.24. The number of nitrogens with zero attached hydrogens (tertiary/aromatic N) is 2. The Labute approximate surface area is 198 Å². The summed E-state index contributed by atoms with van der Waals surface area (Å²) in [6, 6.07) is 9.65. The molecule has 4 heterocycles. The zero-order valence-corrected chi connectivity index (χ0v) is 19.3. The normalized spacial score (nSPS) is 18.0. The van der Waals surface area contributed by atoms with E-state index in [4.69, 9.17) is 21.1 Å². The Morgan fingerprint density at radius 2 is 2.15 bits per heavy atom. The van der Waals surface area contributed by atoms with Crippen molar-refractivity contribution in [1.29, 1.82) is 0 Å². The van der Waals surface area contributed by atoms with Crippen LogP contribution in [0.4, 0.5) is 11.4 Å². The lowest BCUT2D eigenvalue weighted by Crippen LogP contribution is -2.36. The average Bonchev–Trinajstić information content (AvgIpc) is 3.16. The first-order valence-corrected chi connectivity index (χ1v) is 11.7. The number of rotatable bonds is 6. The molecule has 0 spiro atoms. The van der Waals surface area contributed by atoms with Crippen LogP contribution in [-0.4, -0.2) is 41.3 Å². The van der Waals surface area contributed by atoms with Crippen LogP contribution < -0.4 is 10.6 Å². The van der Waals surface area contributed by atoms with Gasteiger partial charge in [0.25, 0.3) is 5.91 Å². The topological polar surface area (TPSA) is 77.4 Å². The molecule has 5 rings (SSSR count). The van der Waals surface area contributed by atoms with Gasteiger partial charge in [0, 0.05) is 48.4 Å². The number of hydrogen-bond acceptors (Lipinski definition) is 5. The molecular weight excluding hydrogens is 440 g/mol. The van der Waals surface area contributed by atoms with Crippen LogP contribution in [0.1, 0.15) is 34.6 Å². The van der Waals surface area contributed by atoms with E-state index in [1.54, 1.807) is 12.4 Å². The van der Waals surface area contributed by atoms with Crippen molar-refractivity contribution in [3.8, 4) is 11.1 Å². The summed E-state index contributed by atoms with van der Waals surface area (Å²) >= 11 is 6.39. The first kappa shape index (κ1) is 21.9. The van der Waals surface area contributed by atoms with Crippen LogP contribution in [0, 0.1) is 6.92 Å². The Balaban J connectivity index is 1.64. The van der Waals surface area contributed by atoms with Crippen molar-refractivity contribution in [3.05, 3.63) is 64.7 Å². The summed E-state index contributed by atoms with van der Waals surface area (Å²) in [7, 11) is 0. The van der Waals surface area contributed by atoms with Gasteiger partial charge in [-0.2, -0.15) is 0 Å². The first-order valence-electron chi connectivity index (χ1n) is 11.3. The van der Waals surface area contributed by atoms with Crippen molar-refractivity contribution in [3.63, 3.8) is 0 Å². The number of carbonyl (C=O) groups excluding carboxylic acids is 1. The molecule has 172 valence electrons. The molecule has 1 saturated heterocycles. The Kier molecular flexibility index (Phi) is 6.35. The molecule has 1 aromatic carbocycles. The lowest BCUT2D eigenvalue weighted by atomic mass is 10.0. The highest BCUT2D eigenvalue weighted by atomic mass is 35.5. The second-order valence-corrected chi connectivity index (χ2v) is 8.78. The van der Waals surface area contributed by atoms with Crippen molar-refractivity contribution in [2.24, 2.45) is 0 Å². The number of carbonyl (C=O) groups is 1. The Bertz CT molecular complexity index is 1160. The molecule has 0 unspecified atom stereocenters. The average molecular weight is 467 g/mol. The van der Waals surface area contributed by atoms with Gasteiger partial charge in [-0.3, -0.25) is 9.78 Å². The fraction of sp³-hybridized carbons (Fsp3) is 0.360. The van der Waals surface area contributed by atoms with Gasteiger partial charge in [0.1, 0.15) is 5.69 Å². The van der Waals surface area contributed by atoms with Gasteiger partial charge in [0.05, 0.1) is 30.7 Å². The van der Waals surface area contributed by atoms with Crippen molar-refractivity contribution < 1.29 is 14.3 Å². The van der Waals surface area contributed by atoms with E-state index in [9.17, 15) is 4.79 Å². The standard InChI is InChI=1S/C25H27ClN4O3/c1-16-19(26)5-2-6-20(16)29-23-22(17-7-9-27-10-8-17)21(15-33-18-4-3-13-32-14-18)30-12-11-28-25(31)24(23)30/h2,5-10,18,29H,3-4,11-15H2,1H3,(H,28,31)/t18-/m0/s1. The highest BCUT2D eigenvalue weighted by Crippen LogP contribution is 2.41. The molecule has 2 aliphatic heterocycles. The van der Waals surface area contributed by atoms with Gasteiger partial charge in [0.15, 0.2) is 0 Å². The zero-order valence-electron chi connectivity index (χ0n) is 18.6. The minimum absolute atomic E-state index is 0.0548. The van der Waals surface area contributed by atoms with E-state index in [1.165, 1.54) is 0 Å². The number of nitrogens with one attached hydrogen (secondary N) is 2. The molecule has 1 atom stereocenters. The second kappa shape index (κ2) is 9.55.